The normalized spacial score (nSPS) is 18.9. The van der Waals surface area contributed by atoms with E-state index in [-0.39, 0.29) is 0 Å². The predicted molar refractivity (Wildman–Crippen MR) is 75.8 cm³/mol. The van der Waals surface area contributed by atoms with Crippen molar-refractivity contribution in [3.63, 3.8) is 0 Å². The predicted octanol–water partition coefficient (Wildman–Crippen LogP) is 2.62. The molecule has 5 nitrogen and oxygen atoms in total. The Labute approximate surface area is 116 Å². The van der Waals surface area contributed by atoms with Crippen LogP contribution in [-0.2, 0) is 4.74 Å². The lowest BCUT2D eigenvalue weighted by Crippen LogP contribution is -2.44. The molecule has 1 amide bonds. The zero-order chi connectivity index (χ0) is 14.5. The summed E-state index contributed by atoms with van der Waals surface area (Å²) in [6.07, 6.45) is 0.247. The summed E-state index contributed by atoms with van der Waals surface area (Å²) >= 11 is 0. The fourth-order valence-electron chi connectivity index (χ4n) is 2.06. The minimum Gasteiger partial charge on any atom is -0.465 e. The van der Waals surface area contributed by atoms with Crippen molar-refractivity contribution in [1.29, 1.82) is 5.26 Å². The van der Waals surface area contributed by atoms with Crippen molar-refractivity contribution in [2.75, 3.05) is 26.3 Å². The number of rotatable bonds is 5. The highest BCUT2D eigenvalue weighted by atomic mass is 28.3. The molecule has 0 unspecified atom stereocenters. The number of hydrogen-bond acceptors (Lipinski definition) is 3. The number of likely N-dealkylation sites (tertiary alicyclic amines) is 1. The van der Waals surface area contributed by atoms with E-state index in [0.29, 0.717) is 39.1 Å². The molecule has 0 aromatic rings. The topological polar surface area (TPSA) is 73.6 Å². The van der Waals surface area contributed by atoms with Crippen molar-refractivity contribution in [1.82, 2.24) is 4.90 Å². The van der Waals surface area contributed by atoms with Gasteiger partial charge in [-0.2, -0.15) is 5.26 Å². The maximum atomic E-state index is 10.8. The fourth-order valence-corrected chi connectivity index (χ4v) is 2.82. The highest BCUT2D eigenvalue weighted by Gasteiger charge is 2.36. The maximum Gasteiger partial charge on any atom is 0.407 e. The number of nitriles is 1. The van der Waals surface area contributed by atoms with Crippen LogP contribution in [0.5, 0.6) is 0 Å². The molecule has 0 atom stereocenters. The number of amides is 1. The van der Waals surface area contributed by atoms with Gasteiger partial charge in [-0.15, -0.1) is 0 Å². The molecule has 1 saturated heterocycles. The van der Waals surface area contributed by atoms with Crippen LogP contribution in [0, 0.1) is 16.7 Å². The highest BCUT2D eigenvalue weighted by molar-refractivity contribution is 6.76. The summed E-state index contributed by atoms with van der Waals surface area (Å²) in [4.78, 5) is 12.2. The van der Waals surface area contributed by atoms with Crippen molar-refractivity contribution in [2.24, 2.45) is 5.41 Å². The number of hydrogen-bond donors (Lipinski definition) is 1. The molecule has 1 fully saturated rings. The molecular weight excluding hydrogens is 260 g/mol. The molecule has 0 aliphatic carbocycles. The van der Waals surface area contributed by atoms with Crippen LogP contribution in [0.2, 0.25) is 25.7 Å². The van der Waals surface area contributed by atoms with Crippen molar-refractivity contribution >= 4 is 14.2 Å². The van der Waals surface area contributed by atoms with E-state index in [1.165, 1.54) is 4.90 Å². The second-order valence-corrected chi connectivity index (χ2v) is 12.1. The molecule has 0 saturated carbocycles. The zero-order valence-corrected chi connectivity index (χ0v) is 13.1. The summed E-state index contributed by atoms with van der Waals surface area (Å²) in [5, 5.41) is 18.2. The van der Waals surface area contributed by atoms with Gasteiger partial charge in [-0.05, 0) is 18.9 Å². The molecule has 0 aromatic heterocycles. The van der Waals surface area contributed by atoms with Gasteiger partial charge in [-0.3, -0.25) is 0 Å². The highest BCUT2D eigenvalue weighted by Crippen LogP contribution is 2.31. The Morgan fingerprint density at radius 3 is 2.42 bits per heavy atom. The third-order valence-corrected chi connectivity index (χ3v) is 5.31. The Hall–Kier alpha value is -1.06. The lowest BCUT2D eigenvalue weighted by atomic mass is 9.81. The Balaban J connectivity index is 2.38. The smallest absolute Gasteiger partial charge is 0.407 e. The average Bonchev–Trinajstić information content (AvgIpc) is 2.34. The summed E-state index contributed by atoms with van der Waals surface area (Å²) in [5.74, 6) is 0. The summed E-state index contributed by atoms with van der Waals surface area (Å²) in [5.41, 5.74) is -0.495. The molecule has 0 bridgehead atoms. The van der Waals surface area contributed by atoms with E-state index in [2.05, 4.69) is 25.7 Å². The third-order valence-electron chi connectivity index (χ3n) is 3.60. The van der Waals surface area contributed by atoms with Crippen molar-refractivity contribution in [3.8, 4) is 6.07 Å². The van der Waals surface area contributed by atoms with Gasteiger partial charge >= 0.3 is 6.09 Å². The molecule has 0 aromatic carbocycles. The van der Waals surface area contributed by atoms with Crippen LogP contribution in [0.1, 0.15) is 12.8 Å². The van der Waals surface area contributed by atoms with Crippen molar-refractivity contribution < 1.29 is 14.6 Å². The van der Waals surface area contributed by atoms with Gasteiger partial charge in [0, 0.05) is 27.8 Å². The van der Waals surface area contributed by atoms with Crippen LogP contribution >= 0.6 is 0 Å². The monoisotopic (exact) mass is 284 g/mol. The minimum atomic E-state index is -1.10. The molecule has 19 heavy (non-hydrogen) atoms. The van der Waals surface area contributed by atoms with Gasteiger partial charge in [-0.1, -0.05) is 19.6 Å². The fraction of sp³-hybridized carbons (Fsp3) is 0.846. The van der Waals surface area contributed by atoms with Crippen LogP contribution in [0.15, 0.2) is 0 Å². The number of piperidine rings is 1. The second kappa shape index (κ2) is 6.39. The van der Waals surface area contributed by atoms with Crippen LogP contribution in [0.4, 0.5) is 4.79 Å². The Morgan fingerprint density at radius 2 is 2.00 bits per heavy atom. The lowest BCUT2D eigenvalue weighted by Gasteiger charge is -2.35. The van der Waals surface area contributed by atoms with E-state index in [4.69, 9.17) is 9.84 Å². The summed E-state index contributed by atoms with van der Waals surface area (Å²) in [6.45, 7) is 8.88. The standard InChI is InChI=1S/C13H24N2O3Si/c1-19(2,3)9-8-18-11-13(10-14)4-6-15(7-5-13)12(16)17/h4-9,11H2,1-3H3,(H,16,17). The summed E-state index contributed by atoms with van der Waals surface area (Å²) < 4.78 is 5.69. The molecule has 0 spiro atoms. The summed E-state index contributed by atoms with van der Waals surface area (Å²) in [6, 6.07) is 3.43. The Kier molecular flexibility index (Phi) is 5.38. The molecule has 1 aliphatic rings. The molecule has 0 radical (unpaired) electrons. The van der Waals surface area contributed by atoms with Crippen molar-refractivity contribution in [2.45, 2.75) is 38.5 Å². The first-order chi connectivity index (χ1) is 8.78. The Bertz CT molecular complexity index is 352. The largest absolute Gasteiger partial charge is 0.465 e. The zero-order valence-electron chi connectivity index (χ0n) is 12.1. The van der Waals surface area contributed by atoms with Gasteiger partial charge in [-0.25, -0.2) is 4.79 Å². The molecular formula is C13H24N2O3Si. The van der Waals surface area contributed by atoms with Gasteiger partial charge in [0.2, 0.25) is 0 Å². The number of ether oxygens (including phenoxy) is 1. The van der Waals surface area contributed by atoms with E-state index >= 15 is 0 Å². The lowest BCUT2D eigenvalue weighted by molar-refractivity contribution is 0.0383. The Morgan fingerprint density at radius 1 is 1.42 bits per heavy atom. The van der Waals surface area contributed by atoms with Crippen LogP contribution in [0.25, 0.3) is 0 Å². The van der Waals surface area contributed by atoms with Gasteiger partial charge in [0.1, 0.15) is 0 Å². The SMILES string of the molecule is C[Si](C)(C)CCOCC1(C#N)CCN(C(=O)O)CC1. The quantitative estimate of drug-likeness (QED) is 0.622. The van der Waals surface area contributed by atoms with E-state index in [9.17, 15) is 10.1 Å². The van der Waals surface area contributed by atoms with E-state index in [1.807, 2.05) is 0 Å². The van der Waals surface area contributed by atoms with Crippen LogP contribution in [-0.4, -0.2) is 50.5 Å². The maximum absolute atomic E-state index is 10.8. The van der Waals surface area contributed by atoms with Gasteiger partial charge in [0.15, 0.2) is 0 Å². The van der Waals surface area contributed by atoms with E-state index in [1.54, 1.807) is 0 Å². The number of nitrogens with zero attached hydrogens (tertiary/aromatic N) is 2. The minimum absolute atomic E-state index is 0.431. The first-order valence-corrected chi connectivity index (χ1v) is 10.5. The van der Waals surface area contributed by atoms with Gasteiger partial charge in [0.05, 0.1) is 18.1 Å². The van der Waals surface area contributed by atoms with Crippen molar-refractivity contribution in [3.05, 3.63) is 0 Å². The molecule has 1 N–H and O–H groups in total. The van der Waals surface area contributed by atoms with Gasteiger partial charge < -0.3 is 14.7 Å². The third kappa shape index (κ3) is 5.21. The summed E-state index contributed by atoms with van der Waals surface area (Å²) in [7, 11) is -1.10. The van der Waals surface area contributed by atoms with Gasteiger partial charge in [0.25, 0.3) is 0 Å². The molecule has 1 aliphatic heterocycles. The van der Waals surface area contributed by atoms with Crippen LogP contribution < -0.4 is 0 Å². The second-order valence-electron chi connectivity index (χ2n) is 6.53. The molecule has 1 rings (SSSR count). The van der Waals surface area contributed by atoms with E-state index in [0.717, 1.165) is 6.04 Å². The number of carbonyl (C=O) groups is 1. The first kappa shape index (κ1) is 16.0. The van der Waals surface area contributed by atoms with Crippen LogP contribution in [0.3, 0.4) is 0 Å². The van der Waals surface area contributed by atoms with E-state index < -0.39 is 19.6 Å². The molecule has 1 heterocycles. The average molecular weight is 284 g/mol. The molecule has 6 heteroatoms. The number of carboxylic acid groups (broad SMARTS) is 1. The first-order valence-electron chi connectivity index (χ1n) is 6.75. The molecule has 108 valence electrons.